The molecule has 6 heteroatoms. The fraction of sp³-hybridized carbons (Fsp3) is 0.583. The van der Waals surface area contributed by atoms with E-state index in [4.69, 9.17) is 5.11 Å². The average molecular weight is 268 g/mol. The molecule has 1 saturated carbocycles. The maximum atomic E-state index is 11.8. The van der Waals surface area contributed by atoms with Crippen LogP contribution in [0.4, 0.5) is 0 Å². The van der Waals surface area contributed by atoms with Gasteiger partial charge in [-0.25, -0.2) is 4.79 Å². The number of aromatic carboxylic acids is 1. The average Bonchev–Trinajstić information content (AvgIpc) is 2.87. The summed E-state index contributed by atoms with van der Waals surface area (Å²) in [5, 5.41) is 11.6. The van der Waals surface area contributed by atoms with Crippen molar-refractivity contribution in [2.24, 2.45) is 5.92 Å². The maximum Gasteiger partial charge on any atom is 0.347 e. The van der Waals surface area contributed by atoms with E-state index in [9.17, 15) is 9.59 Å². The molecule has 0 saturated heterocycles. The van der Waals surface area contributed by atoms with Gasteiger partial charge in [-0.1, -0.05) is 19.3 Å². The fourth-order valence-electron chi connectivity index (χ4n) is 2.20. The molecule has 1 aliphatic rings. The van der Waals surface area contributed by atoms with Crippen LogP contribution in [-0.4, -0.2) is 27.9 Å². The van der Waals surface area contributed by atoms with Crippen molar-refractivity contribution in [2.75, 3.05) is 6.54 Å². The second-order valence-electron chi connectivity index (χ2n) is 4.60. The lowest BCUT2D eigenvalue weighted by Crippen LogP contribution is -2.30. The monoisotopic (exact) mass is 268 g/mol. The van der Waals surface area contributed by atoms with Crippen molar-refractivity contribution in [2.45, 2.75) is 32.1 Å². The third kappa shape index (κ3) is 3.29. The predicted molar refractivity (Wildman–Crippen MR) is 68.0 cm³/mol. The highest BCUT2D eigenvalue weighted by atomic mass is 32.1. The van der Waals surface area contributed by atoms with Gasteiger partial charge in [0.1, 0.15) is 10.6 Å². The largest absolute Gasteiger partial charge is 0.477 e. The number of carboxylic acid groups (broad SMARTS) is 1. The Morgan fingerprint density at radius 3 is 2.72 bits per heavy atom. The number of nitrogens with zero attached hydrogens (tertiary/aromatic N) is 1. The van der Waals surface area contributed by atoms with E-state index in [0.717, 1.165) is 24.4 Å². The van der Waals surface area contributed by atoms with Crippen molar-refractivity contribution in [1.29, 1.82) is 0 Å². The van der Waals surface area contributed by atoms with E-state index in [-0.39, 0.29) is 16.5 Å². The van der Waals surface area contributed by atoms with Crippen molar-refractivity contribution < 1.29 is 14.7 Å². The molecule has 1 fully saturated rings. The summed E-state index contributed by atoms with van der Waals surface area (Å²) in [4.78, 5) is 22.5. The molecule has 0 bridgehead atoms. The smallest absolute Gasteiger partial charge is 0.347 e. The second kappa shape index (κ2) is 5.95. The molecule has 0 aliphatic heterocycles. The van der Waals surface area contributed by atoms with Crippen LogP contribution in [0.3, 0.4) is 0 Å². The number of carbonyl (C=O) groups excluding carboxylic acids is 1. The molecule has 0 aromatic carbocycles. The topological polar surface area (TPSA) is 79.3 Å². The summed E-state index contributed by atoms with van der Waals surface area (Å²) in [6.45, 7) is 0.665. The molecule has 1 aliphatic carbocycles. The third-order valence-electron chi connectivity index (χ3n) is 3.23. The summed E-state index contributed by atoms with van der Waals surface area (Å²) in [5.41, 5.74) is 0.202. The summed E-state index contributed by atoms with van der Waals surface area (Å²) in [6.07, 6.45) is 6.09. The number of amides is 1. The van der Waals surface area contributed by atoms with Crippen LogP contribution >= 0.6 is 11.5 Å². The zero-order chi connectivity index (χ0) is 13.0. The van der Waals surface area contributed by atoms with Gasteiger partial charge < -0.3 is 10.4 Å². The lowest BCUT2D eigenvalue weighted by atomic mass is 9.89. The lowest BCUT2D eigenvalue weighted by Gasteiger charge is -2.21. The van der Waals surface area contributed by atoms with Gasteiger partial charge in [-0.05, 0) is 36.4 Å². The highest BCUT2D eigenvalue weighted by Crippen LogP contribution is 2.22. The SMILES string of the molecule is O=C(NCC1CCCCC1)c1cc(C(=O)O)sn1. The molecule has 2 N–H and O–H groups in total. The molecule has 1 amide bonds. The highest BCUT2D eigenvalue weighted by Gasteiger charge is 2.17. The number of rotatable bonds is 4. The molecule has 0 spiro atoms. The van der Waals surface area contributed by atoms with E-state index < -0.39 is 5.97 Å². The van der Waals surface area contributed by atoms with Gasteiger partial charge in [0.2, 0.25) is 0 Å². The minimum Gasteiger partial charge on any atom is -0.477 e. The molecule has 18 heavy (non-hydrogen) atoms. The first-order valence-corrected chi connectivity index (χ1v) is 6.92. The predicted octanol–water partition coefficient (Wildman–Crippen LogP) is 2.15. The highest BCUT2D eigenvalue weighted by molar-refractivity contribution is 7.08. The Morgan fingerprint density at radius 1 is 1.39 bits per heavy atom. The number of nitrogens with one attached hydrogen (secondary N) is 1. The zero-order valence-electron chi connectivity index (χ0n) is 10.0. The number of carbonyl (C=O) groups is 2. The minimum atomic E-state index is -1.04. The maximum absolute atomic E-state index is 11.8. The summed E-state index contributed by atoms with van der Waals surface area (Å²) < 4.78 is 3.85. The Balaban J connectivity index is 1.84. The molecule has 1 heterocycles. The van der Waals surface area contributed by atoms with Gasteiger partial charge in [-0.15, -0.1) is 0 Å². The Bertz CT molecular complexity index is 438. The Labute approximate surface area is 109 Å². The van der Waals surface area contributed by atoms with Gasteiger partial charge in [0, 0.05) is 6.54 Å². The van der Waals surface area contributed by atoms with Crippen molar-refractivity contribution in [1.82, 2.24) is 9.69 Å². The second-order valence-corrected chi connectivity index (χ2v) is 5.40. The van der Waals surface area contributed by atoms with Crippen molar-refractivity contribution >= 4 is 23.4 Å². The molecule has 0 atom stereocenters. The molecule has 98 valence electrons. The standard InChI is InChI=1S/C12H16N2O3S/c15-11(9-6-10(12(16)17)18-14-9)13-7-8-4-2-1-3-5-8/h6,8H,1-5,7H2,(H,13,15)(H,16,17). The van der Waals surface area contributed by atoms with Crippen LogP contribution < -0.4 is 5.32 Å². The Morgan fingerprint density at radius 2 is 2.11 bits per heavy atom. The first-order valence-electron chi connectivity index (χ1n) is 6.15. The normalized spacial score (nSPS) is 16.4. The van der Waals surface area contributed by atoms with Crippen molar-refractivity contribution in [3.8, 4) is 0 Å². The van der Waals surface area contributed by atoms with Gasteiger partial charge in [0.05, 0.1) is 0 Å². The molecular weight excluding hydrogens is 252 g/mol. The summed E-state index contributed by atoms with van der Waals surface area (Å²) in [7, 11) is 0. The van der Waals surface area contributed by atoms with Gasteiger partial charge in [0.25, 0.3) is 5.91 Å². The first kappa shape index (κ1) is 13.0. The van der Waals surface area contributed by atoms with Gasteiger partial charge >= 0.3 is 5.97 Å². The van der Waals surface area contributed by atoms with Crippen LogP contribution in [0.2, 0.25) is 0 Å². The van der Waals surface area contributed by atoms with Crippen LogP contribution in [0.15, 0.2) is 6.07 Å². The van der Waals surface area contributed by atoms with Gasteiger partial charge in [-0.2, -0.15) is 4.37 Å². The molecule has 1 aromatic rings. The van der Waals surface area contributed by atoms with Crippen LogP contribution in [0.5, 0.6) is 0 Å². The van der Waals surface area contributed by atoms with E-state index >= 15 is 0 Å². The van der Waals surface area contributed by atoms with Crippen LogP contribution in [0, 0.1) is 5.92 Å². The van der Waals surface area contributed by atoms with Crippen LogP contribution in [0.1, 0.15) is 52.3 Å². The zero-order valence-corrected chi connectivity index (χ0v) is 10.8. The summed E-state index contributed by atoms with van der Waals surface area (Å²) in [5.74, 6) is -0.761. The molecule has 0 unspecified atom stereocenters. The lowest BCUT2D eigenvalue weighted by molar-refractivity contribution is 0.0702. The minimum absolute atomic E-state index is 0.0952. The Hall–Kier alpha value is -1.43. The fourth-order valence-corrected chi connectivity index (χ4v) is 2.78. The summed E-state index contributed by atoms with van der Waals surface area (Å²) in [6, 6.07) is 1.32. The van der Waals surface area contributed by atoms with E-state index in [1.165, 1.54) is 25.3 Å². The molecule has 0 radical (unpaired) electrons. The van der Waals surface area contributed by atoms with Crippen molar-refractivity contribution in [3.63, 3.8) is 0 Å². The van der Waals surface area contributed by atoms with Gasteiger partial charge in [0.15, 0.2) is 0 Å². The third-order valence-corrected chi connectivity index (χ3v) is 4.01. The molecule has 2 rings (SSSR count). The number of carboxylic acids is 1. The van der Waals surface area contributed by atoms with Crippen molar-refractivity contribution in [3.05, 3.63) is 16.6 Å². The quantitative estimate of drug-likeness (QED) is 0.877. The van der Waals surface area contributed by atoms with Gasteiger partial charge in [-0.3, -0.25) is 4.79 Å². The molecule has 1 aromatic heterocycles. The van der Waals surface area contributed by atoms with E-state index in [1.807, 2.05) is 0 Å². The van der Waals surface area contributed by atoms with Crippen LogP contribution in [-0.2, 0) is 0 Å². The Kier molecular flexibility index (Phi) is 4.30. The van der Waals surface area contributed by atoms with Crippen LogP contribution in [0.25, 0.3) is 0 Å². The number of aromatic nitrogens is 1. The molecular formula is C12H16N2O3S. The van der Waals surface area contributed by atoms with E-state index in [0.29, 0.717) is 12.5 Å². The first-order chi connectivity index (χ1) is 8.66. The number of hydrogen-bond acceptors (Lipinski definition) is 4. The van der Waals surface area contributed by atoms with E-state index in [2.05, 4.69) is 9.69 Å². The molecule has 5 nitrogen and oxygen atoms in total. The van der Waals surface area contributed by atoms with E-state index in [1.54, 1.807) is 0 Å². The number of hydrogen-bond donors (Lipinski definition) is 2. The summed E-state index contributed by atoms with van der Waals surface area (Å²) >= 11 is 0.837.